The highest BCUT2D eigenvalue weighted by Gasteiger charge is 2.41. The molecule has 0 radical (unpaired) electrons. The van der Waals surface area contributed by atoms with Crippen molar-refractivity contribution in [3.8, 4) is 23.0 Å². The minimum absolute atomic E-state index is 0.00753. The van der Waals surface area contributed by atoms with Crippen molar-refractivity contribution in [2.45, 2.75) is 24.8 Å². The van der Waals surface area contributed by atoms with Crippen LogP contribution in [0, 0.1) is 0 Å². The lowest BCUT2D eigenvalue weighted by Gasteiger charge is -2.35. The molecular formula is C25H27N5O5. The van der Waals surface area contributed by atoms with Crippen molar-refractivity contribution in [1.29, 1.82) is 0 Å². The van der Waals surface area contributed by atoms with Gasteiger partial charge in [0.25, 0.3) is 0 Å². The van der Waals surface area contributed by atoms with E-state index in [9.17, 15) is 4.79 Å². The summed E-state index contributed by atoms with van der Waals surface area (Å²) in [5, 5.41) is 7.70. The fourth-order valence-electron chi connectivity index (χ4n) is 4.99. The van der Waals surface area contributed by atoms with Gasteiger partial charge in [-0.05, 0) is 36.1 Å². The first kappa shape index (κ1) is 22.6. The minimum Gasteiger partial charge on any atom is -0.493 e. The Kier molecular flexibility index (Phi) is 5.72. The van der Waals surface area contributed by atoms with Crippen LogP contribution in [0.25, 0.3) is 0 Å². The van der Waals surface area contributed by atoms with Crippen molar-refractivity contribution in [1.82, 2.24) is 14.8 Å². The van der Waals surface area contributed by atoms with Gasteiger partial charge >= 0.3 is 0 Å². The topological polar surface area (TPSA) is 123 Å². The smallest absolute Gasteiger partial charge is 0.241 e. The number of rotatable bonds is 6. The number of nitrogens with zero attached hydrogens (tertiary/aromatic N) is 3. The van der Waals surface area contributed by atoms with Gasteiger partial charge in [0.05, 0.1) is 28.4 Å². The summed E-state index contributed by atoms with van der Waals surface area (Å²) in [6, 6.07) is 10.8. The largest absolute Gasteiger partial charge is 0.493 e. The summed E-state index contributed by atoms with van der Waals surface area (Å²) in [6.07, 6.45) is 0.935. The number of carbonyl (C=O) groups excluding carboxylic acids is 1. The highest BCUT2D eigenvalue weighted by Crippen LogP contribution is 2.48. The van der Waals surface area contributed by atoms with E-state index in [-0.39, 0.29) is 17.6 Å². The second-order valence-corrected chi connectivity index (χ2v) is 8.38. The molecule has 10 nitrogen and oxygen atoms in total. The maximum Gasteiger partial charge on any atom is 0.241 e. The second kappa shape index (κ2) is 8.86. The number of ether oxygens (including phenoxy) is 4. The normalized spacial score (nSPS) is 18.9. The molecule has 2 heterocycles. The number of carbonyl (C=O) groups is 1. The molecule has 35 heavy (non-hydrogen) atoms. The first-order valence-corrected chi connectivity index (χ1v) is 11.2. The van der Waals surface area contributed by atoms with Gasteiger partial charge in [-0.25, -0.2) is 4.68 Å². The molecule has 0 amide bonds. The average molecular weight is 478 g/mol. The van der Waals surface area contributed by atoms with Crippen molar-refractivity contribution in [2.75, 3.05) is 39.5 Å². The average Bonchev–Trinajstić information content (AvgIpc) is 3.25. The van der Waals surface area contributed by atoms with Crippen molar-refractivity contribution in [3.63, 3.8) is 0 Å². The Labute approximate surface area is 202 Å². The zero-order chi connectivity index (χ0) is 24.7. The molecule has 182 valence electrons. The fraction of sp³-hybridized carbons (Fsp3) is 0.320. The lowest BCUT2D eigenvalue weighted by molar-refractivity contribution is -0.116. The molecule has 1 aliphatic carbocycles. The number of Topliss-reactive ketones (excluding diaryl/α,β-unsaturated/α-hetero) is 1. The van der Waals surface area contributed by atoms with Crippen LogP contribution in [-0.2, 0) is 4.79 Å². The van der Waals surface area contributed by atoms with Crippen LogP contribution in [0.4, 0.5) is 11.9 Å². The van der Waals surface area contributed by atoms with Crippen LogP contribution in [-0.4, -0.2) is 49.0 Å². The lowest BCUT2D eigenvalue weighted by atomic mass is 9.77. The Morgan fingerprint density at radius 2 is 1.74 bits per heavy atom. The van der Waals surface area contributed by atoms with E-state index in [0.29, 0.717) is 47.4 Å². The third kappa shape index (κ3) is 3.71. The second-order valence-electron chi connectivity index (χ2n) is 8.38. The Morgan fingerprint density at radius 1 is 0.971 bits per heavy atom. The van der Waals surface area contributed by atoms with Crippen molar-refractivity contribution >= 4 is 17.7 Å². The van der Waals surface area contributed by atoms with Gasteiger partial charge in [0.2, 0.25) is 11.9 Å². The van der Waals surface area contributed by atoms with E-state index >= 15 is 0 Å². The summed E-state index contributed by atoms with van der Waals surface area (Å²) in [5.41, 5.74) is 9.10. The van der Waals surface area contributed by atoms with E-state index in [1.807, 2.05) is 36.4 Å². The number of nitrogens with two attached hydrogens (primary N) is 1. The van der Waals surface area contributed by atoms with Crippen LogP contribution in [0.2, 0.25) is 0 Å². The molecule has 0 bridgehead atoms. The Balaban J connectivity index is 1.62. The Morgan fingerprint density at radius 3 is 2.46 bits per heavy atom. The number of ketones is 1. The molecule has 10 heteroatoms. The number of allylic oxidation sites excluding steroid dienone is 2. The number of para-hydroxylation sites is 1. The van der Waals surface area contributed by atoms with E-state index in [0.717, 1.165) is 16.8 Å². The highest BCUT2D eigenvalue weighted by molar-refractivity contribution is 6.00. The molecule has 1 aliphatic heterocycles. The quantitative estimate of drug-likeness (QED) is 0.550. The molecule has 2 unspecified atom stereocenters. The van der Waals surface area contributed by atoms with Crippen LogP contribution < -0.4 is 30.0 Å². The molecule has 2 aliphatic rings. The van der Waals surface area contributed by atoms with E-state index in [2.05, 4.69) is 15.4 Å². The third-order valence-corrected chi connectivity index (χ3v) is 6.54. The molecule has 0 saturated heterocycles. The van der Waals surface area contributed by atoms with E-state index in [1.54, 1.807) is 33.1 Å². The number of fused-ring (bicyclic) bond motifs is 1. The Bertz CT molecular complexity index is 1330. The molecular weight excluding hydrogens is 450 g/mol. The van der Waals surface area contributed by atoms with Crippen molar-refractivity contribution < 1.29 is 23.7 Å². The minimum atomic E-state index is -0.560. The van der Waals surface area contributed by atoms with Gasteiger partial charge in [-0.15, -0.1) is 5.10 Å². The fourth-order valence-corrected chi connectivity index (χ4v) is 4.99. The van der Waals surface area contributed by atoms with Gasteiger partial charge in [-0.2, -0.15) is 4.98 Å². The molecule has 2 atom stereocenters. The van der Waals surface area contributed by atoms with E-state index in [4.69, 9.17) is 24.7 Å². The van der Waals surface area contributed by atoms with Crippen LogP contribution in [0.1, 0.15) is 35.9 Å². The molecule has 1 aromatic heterocycles. The van der Waals surface area contributed by atoms with Gasteiger partial charge in [-0.1, -0.05) is 18.2 Å². The predicted molar refractivity (Wildman–Crippen MR) is 129 cm³/mol. The Hall–Kier alpha value is -4.21. The summed E-state index contributed by atoms with van der Waals surface area (Å²) in [5.74, 6) is 2.90. The van der Waals surface area contributed by atoms with E-state index < -0.39 is 6.04 Å². The van der Waals surface area contributed by atoms with Gasteiger partial charge in [0.15, 0.2) is 28.8 Å². The maximum absolute atomic E-state index is 13.7. The number of hydrogen-bond donors (Lipinski definition) is 2. The molecule has 0 spiro atoms. The molecule has 0 saturated carbocycles. The predicted octanol–water partition coefficient (Wildman–Crippen LogP) is 3.31. The van der Waals surface area contributed by atoms with Gasteiger partial charge in [-0.3, -0.25) is 4.79 Å². The number of aromatic nitrogens is 3. The highest BCUT2D eigenvalue weighted by atomic mass is 16.5. The van der Waals surface area contributed by atoms with Gasteiger partial charge < -0.3 is 30.0 Å². The number of nitrogens with one attached hydrogen (secondary N) is 1. The van der Waals surface area contributed by atoms with E-state index in [1.165, 1.54) is 0 Å². The zero-order valence-corrected chi connectivity index (χ0v) is 20.0. The molecule has 5 rings (SSSR count). The number of anilines is 2. The van der Waals surface area contributed by atoms with Crippen LogP contribution >= 0.6 is 0 Å². The van der Waals surface area contributed by atoms with Gasteiger partial charge in [0, 0.05) is 23.3 Å². The molecule has 3 N–H and O–H groups in total. The summed E-state index contributed by atoms with van der Waals surface area (Å²) in [6.45, 7) is 0. The molecule has 0 fully saturated rings. The van der Waals surface area contributed by atoms with Gasteiger partial charge in [0.1, 0.15) is 6.04 Å². The first-order valence-electron chi connectivity index (χ1n) is 11.2. The summed E-state index contributed by atoms with van der Waals surface area (Å²) in [7, 11) is 6.34. The third-order valence-electron chi connectivity index (χ3n) is 6.54. The summed E-state index contributed by atoms with van der Waals surface area (Å²) >= 11 is 0. The SMILES string of the molecule is COc1ccc(C2CC(=O)C3=C(C2)Nc2nc(N)nn2C3c2cccc(OC)c2OC)cc1OC. The number of hydrogen-bond acceptors (Lipinski definition) is 9. The summed E-state index contributed by atoms with van der Waals surface area (Å²) in [4.78, 5) is 18.1. The van der Waals surface area contributed by atoms with Crippen LogP contribution in [0.5, 0.6) is 23.0 Å². The number of methoxy groups -OCH3 is 4. The first-order chi connectivity index (χ1) is 17.0. The number of benzene rings is 2. The standard InChI is InChI=1S/C25H27N5O5/c1-32-18-9-8-13(12-20(18)34-3)14-10-16-21(17(31)11-14)22(30-25(27-16)28-24(26)29-30)15-6-5-7-19(33-2)23(15)35-4/h5-9,12,14,22H,10-11H2,1-4H3,(H3,26,27,28,29). The van der Waals surface area contributed by atoms with Crippen molar-refractivity contribution in [2.24, 2.45) is 0 Å². The lowest BCUT2D eigenvalue weighted by Crippen LogP contribution is -2.33. The van der Waals surface area contributed by atoms with Crippen LogP contribution in [0.3, 0.4) is 0 Å². The molecule has 3 aromatic rings. The van der Waals surface area contributed by atoms with Crippen molar-refractivity contribution in [3.05, 3.63) is 58.8 Å². The monoisotopic (exact) mass is 477 g/mol. The maximum atomic E-state index is 13.7. The molecule has 2 aromatic carbocycles. The number of nitrogen functional groups attached to an aromatic ring is 1. The zero-order valence-electron chi connectivity index (χ0n) is 20.0. The van der Waals surface area contributed by atoms with Crippen LogP contribution in [0.15, 0.2) is 47.7 Å². The summed E-state index contributed by atoms with van der Waals surface area (Å²) < 4.78 is 23.7.